The first-order valence-corrected chi connectivity index (χ1v) is 11.9. The van der Waals surface area contributed by atoms with Crippen molar-refractivity contribution in [3.05, 3.63) is 83.3 Å². The van der Waals surface area contributed by atoms with Crippen LogP contribution in [0.5, 0.6) is 17.2 Å². The molecule has 1 aliphatic heterocycles. The van der Waals surface area contributed by atoms with E-state index in [1.54, 1.807) is 54.6 Å². The quantitative estimate of drug-likeness (QED) is 0.239. The van der Waals surface area contributed by atoms with E-state index < -0.39 is 17.7 Å². The molecule has 1 N–H and O–H groups in total. The molecule has 8 heteroatoms. The first-order chi connectivity index (χ1) is 17.5. The average molecular weight is 492 g/mol. The second kappa shape index (κ2) is 11.0. The van der Waals surface area contributed by atoms with Gasteiger partial charge in [-0.1, -0.05) is 6.07 Å². The standard InChI is InChI=1S/C28H29NO7/c1-4-33-20-12-9-18(10-13-20)26(30)24-25(19-11-14-22(34-5-2)23(16-19)35-6-3)29(28(32)27(24)31)17-21-8-7-15-36-21/h7-16,25,30H,4-6,17H2,1-3H3/b26-24-. The zero-order valence-electron chi connectivity index (χ0n) is 20.5. The van der Waals surface area contributed by atoms with Gasteiger partial charge in [0.25, 0.3) is 11.7 Å². The molecule has 1 aliphatic rings. The number of carbonyl (C=O) groups excluding carboxylic acids is 2. The first-order valence-electron chi connectivity index (χ1n) is 11.9. The molecule has 8 nitrogen and oxygen atoms in total. The zero-order chi connectivity index (χ0) is 25.7. The van der Waals surface area contributed by atoms with Gasteiger partial charge in [0, 0.05) is 5.56 Å². The fourth-order valence-corrected chi connectivity index (χ4v) is 4.23. The molecule has 3 aromatic rings. The molecular weight excluding hydrogens is 462 g/mol. The number of amides is 1. The number of rotatable bonds is 10. The number of benzene rings is 2. The Bertz CT molecular complexity index is 1250. The fourth-order valence-electron chi connectivity index (χ4n) is 4.23. The minimum absolute atomic E-state index is 0.0117. The zero-order valence-corrected chi connectivity index (χ0v) is 20.5. The molecule has 1 atom stereocenters. The van der Waals surface area contributed by atoms with Crippen molar-refractivity contribution in [2.24, 2.45) is 0 Å². The van der Waals surface area contributed by atoms with Crippen molar-refractivity contribution in [1.29, 1.82) is 0 Å². The van der Waals surface area contributed by atoms with Gasteiger partial charge in [-0.25, -0.2) is 0 Å². The number of aliphatic hydroxyl groups is 1. The predicted molar refractivity (Wildman–Crippen MR) is 133 cm³/mol. The van der Waals surface area contributed by atoms with Crippen molar-refractivity contribution in [1.82, 2.24) is 4.90 Å². The highest BCUT2D eigenvalue weighted by Crippen LogP contribution is 2.43. The Morgan fingerprint density at radius 3 is 2.25 bits per heavy atom. The Hall–Kier alpha value is -4.20. The van der Waals surface area contributed by atoms with Gasteiger partial charge in [0.1, 0.15) is 17.3 Å². The average Bonchev–Trinajstić information content (AvgIpc) is 3.48. The summed E-state index contributed by atoms with van der Waals surface area (Å²) in [7, 11) is 0. The summed E-state index contributed by atoms with van der Waals surface area (Å²) in [5, 5.41) is 11.3. The SMILES string of the molecule is CCOc1ccc(/C(O)=C2/C(=O)C(=O)N(Cc3ccco3)C2c2ccc(OCC)c(OCC)c2)cc1. The van der Waals surface area contributed by atoms with Crippen molar-refractivity contribution >= 4 is 17.4 Å². The third-order valence-corrected chi connectivity index (χ3v) is 5.77. The van der Waals surface area contributed by atoms with E-state index in [1.807, 2.05) is 20.8 Å². The van der Waals surface area contributed by atoms with E-state index in [4.69, 9.17) is 18.6 Å². The molecule has 4 rings (SSSR count). The fraction of sp³-hybridized carbons (Fsp3) is 0.286. The number of Topliss-reactive ketones (excluding diaryl/α,β-unsaturated/α-hetero) is 1. The Morgan fingerprint density at radius 1 is 0.917 bits per heavy atom. The van der Waals surface area contributed by atoms with Gasteiger partial charge in [-0.3, -0.25) is 9.59 Å². The maximum Gasteiger partial charge on any atom is 0.296 e. The lowest BCUT2D eigenvalue weighted by molar-refractivity contribution is -0.140. The lowest BCUT2D eigenvalue weighted by Gasteiger charge is -2.25. The smallest absolute Gasteiger partial charge is 0.296 e. The number of ether oxygens (including phenoxy) is 3. The summed E-state index contributed by atoms with van der Waals surface area (Å²) >= 11 is 0. The molecule has 2 heterocycles. The normalized spacial score (nSPS) is 16.9. The Morgan fingerprint density at radius 2 is 1.61 bits per heavy atom. The summed E-state index contributed by atoms with van der Waals surface area (Å²) in [6.07, 6.45) is 1.50. The van der Waals surface area contributed by atoms with Gasteiger partial charge in [-0.05, 0) is 74.9 Å². The molecule has 1 amide bonds. The van der Waals surface area contributed by atoms with Crippen LogP contribution in [0.25, 0.3) is 5.76 Å². The summed E-state index contributed by atoms with van der Waals surface area (Å²) in [6, 6.07) is 14.5. The molecule has 36 heavy (non-hydrogen) atoms. The second-order valence-corrected chi connectivity index (χ2v) is 8.04. The van der Waals surface area contributed by atoms with Crippen LogP contribution in [-0.2, 0) is 16.1 Å². The summed E-state index contributed by atoms with van der Waals surface area (Å²) < 4.78 is 22.4. The third-order valence-electron chi connectivity index (χ3n) is 5.77. The number of hydrogen-bond donors (Lipinski definition) is 1. The third kappa shape index (κ3) is 4.93. The van der Waals surface area contributed by atoms with E-state index >= 15 is 0 Å². The van der Waals surface area contributed by atoms with Crippen LogP contribution in [0.15, 0.2) is 70.9 Å². The van der Waals surface area contributed by atoms with Crippen LogP contribution in [-0.4, -0.2) is 41.5 Å². The van der Waals surface area contributed by atoms with E-state index in [9.17, 15) is 14.7 Å². The van der Waals surface area contributed by atoms with Crippen molar-refractivity contribution in [2.45, 2.75) is 33.4 Å². The lowest BCUT2D eigenvalue weighted by atomic mass is 9.95. The van der Waals surface area contributed by atoms with Crippen molar-refractivity contribution in [3.63, 3.8) is 0 Å². The van der Waals surface area contributed by atoms with Gasteiger partial charge < -0.3 is 28.6 Å². The maximum absolute atomic E-state index is 13.3. The van der Waals surface area contributed by atoms with Crippen LogP contribution in [0.1, 0.15) is 43.7 Å². The molecule has 0 spiro atoms. The molecule has 1 aromatic heterocycles. The summed E-state index contributed by atoms with van der Waals surface area (Å²) in [5.74, 6) is 0.422. The molecule has 1 saturated heterocycles. The molecule has 188 valence electrons. The Labute approximate surface area is 209 Å². The van der Waals surface area contributed by atoms with Gasteiger partial charge in [0.15, 0.2) is 11.5 Å². The highest BCUT2D eigenvalue weighted by molar-refractivity contribution is 6.46. The lowest BCUT2D eigenvalue weighted by Crippen LogP contribution is -2.29. The van der Waals surface area contributed by atoms with E-state index in [1.165, 1.54) is 11.2 Å². The molecule has 1 fully saturated rings. The predicted octanol–water partition coefficient (Wildman–Crippen LogP) is 5.10. The van der Waals surface area contributed by atoms with Crippen molar-refractivity contribution in [3.8, 4) is 17.2 Å². The van der Waals surface area contributed by atoms with Crippen LogP contribution in [0.3, 0.4) is 0 Å². The molecule has 0 radical (unpaired) electrons. The van der Waals surface area contributed by atoms with Crippen LogP contribution in [0.2, 0.25) is 0 Å². The topological polar surface area (TPSA) is 98.4 Å². The van der Waals surface area contributed by atoms with Gasteiger partial charge in [-0.15, -0.1) is 0 Å². The molecule has 2 aromatic carbocycles. The van der Waals surface area contributed by atoms with E-state index in [0.717, 1.165) is 0 Å². The molecule has 0 bridgehead atoms. The highest BCUT2D eigenvalue weighted by atomic mass is 16.5. The Kier molecular flexibility index (Phi) is 7.63. The van der Waals surface area contributed by atoms with Crippen molar-refractivity contribution < 1.29 is 33.3 Å². The van der Waals surface area contributed by atoms with E-state index in [2.05, 4.69) is 0 Å². The minimum Gasteiger partial charge on any atom is -0.507 e. The summed E-state index contributed by atoms with van der Waals surface area (Å²) in [6.45, 7) is 7.02. The van der Waals surface area contributed by atoms with Gasteiger partial charge in [0.2, 0.25) is 0 Å². The molecule has 0 aliphatic carbocycles. The number of furan rings is 1. The number of hydrogen-bond acceptors (Lipinski definition) is 7. The summed E-state index contributed by atoms with van der Waals surface area (Å²) in [4.78, 5) is 27.9. The van der Waals surface area contributed by atoms with Gasteiger partial charge >= 0.3 is 0 Å². The van der Waals surface area contributed by atoms with Crippen LogP contribution in [0, 0.1) is 0 Å². The minimum atomic E-state index is -0.864. The maximum atomic E-state index is 13.3. The number of aliphatic hydroxyl groups excluding tert-OH is 1. The van der Waals surface area contributed by atoms with Gasteiger partial charge in [-0.2, -0.15) is 0 Å². The Balaban J connectivity index is 1.84. The van der Waals surface area contributed by atoms with Crippen LogP contribution < -0.4 is 14.2 Å². The van der Waals surface area contributed by atoms with Crippen molar-refractivity contribution in [2.75, 3.05) is 19.8 Å². The van der Waals surface area contributed by atoms with Crippen LogP contribution >= 0.6 is 0 Å². The number of carbonyl (C=O) groups is 2. The molecular formula is C28H29NO7. The number of ketones is 1. The van der Waals surface area contributed by atoms with E-state index in [0.29, 0.717) is 54.0 Å². The highest BCUT2D eigenvalue weighted by Gasteiger charge is 2.46. The van der Waals surface area contributed by atoms with E-state index in [-0.39, 0.29) is 17.9 Å². The van der Waals surface area contributed by atoms with Crippen LogP contribution in [0.4, 0.5) is 0 Å². The number of likely N-dealkylation sites (tertiary alicyclic amines) is 1. The molecule has 1 unspecified atom stereocenters. The first kappa shape index (κ1) is 24.9. The number of nitrogens with zero attached hydrogens (tertiary/aromatic N) is 1. The second-order valence-electron chi connectivity index (χ2n) is 8.04. The summed E-state index contributed by atoms with van der Waals surface area (Å²) in [5.41, 5.74) is 0.984. The molecule has 0 saturated carbocycles. The largest absolute Gasteiger partial charge is 0.507 e. The van der Waals surface area contributed by atoms with Gasteiger partial charge in [0.05, 0.1) is 44.2 Å². The monoisotopic (exact) mass is 491 g/mol.